The number of carbonyl (C=O) groups excluding carboxylic acids is 1. The van der Waals surface area contributed by atoms with E-state index in [0.717, 1.165) is 36.5 Å². The van der Waals surface area contributed by atoms with E-state index >= 15 is 0 Å². The molecule has 1 amide bonds. The molecule has 2 heterocycles. The van der Waals surface area contributed by atoms with Gasteiger partial charge in [-0.25, -0.2) is 0 Å². The van der Waals surface area contributed by atoms with Crippen LogP contribution in [0.4, 0.5) is 0 Å². The zero-order valence-corrected chi connectivity index (χ0v) is 18.9. The normalized spacial score (nSPS) is 16.9. The van der Waals surface area contributed by atoms with Crippen LogP contribution in [0.3, 0.4) is 0 Å². The number of ether oxygens (including phenoxy) is 1. The predicted octanol–water partition coefficient (Wildman–Crippen LogP) is 4.29. The standard InChI is InChI=1S/C23H25ClN4O2S/c1-16(22(29)25-15-20-8-5-13-30-20)31-23-27-26-21(14-17-6-3-2-4-7-17)28(23)19-11-9-18(24)10-12-19/h2-4,6-7,9-12,16,20H,5,8,13-15H2,1H3,(H,25,29)/t16-,20-/m0/s1. The van der Waals surface area contributed by atoms with Gasteiger partial charge < -0.3 is 10.1 Å². The number of benzene rings is 2. The number of thioether (sulfide) groups is 1. The van der Waals surface area contributed by atoms with Crippen molar-refractivity contribution in [1.29, 1.82) is 0 Å². The van der Waals surface area contributed by atoms with Crippen molar-refractivity contribution in [3.8, 4) is 5.69 Å². The van der Waals surface area contributed by atoms with Crippen LogP contribution in [0.1, 0.15) is 31.2 Å². The van der Waals surface area contributed by atoms with Crippen molar-refractivity contribution in [2.45, 2.75) is 42.7 Å². The van der Waals surface area contributed by atoms with E-state index < -0.39 is 0 Å². The lowest BCUT2D eigenvalue weighted by Crippen LogP contribution is -2.36. The minimum atomic E-state index is -0.318. The van der Waals surface area contributed by atoms with Gasteiger partial charge in [0.2, 0.25) is 5.91 Å². The minimum Gasteiger partial charge on any atom is -0.376 e. The monoisotopic (exact) mass is 456 g/mol. The highest BCUT2D eigenvalue weighted by molar-refractivity contribution is 8.00. The maximum atomic E-state index is 12.6. The smallest absolute Gasteiger partial charge is 0.233 e. The Bertz CT molecular complexity index is 1000. The number of halogens is 1. The van der Waals surface area contributed by atoms with Crippen molar-refractivity contribution < 1.29 is 9.53 Å². The van der Waals surface area contributed by atoms with Crippen LogP contribution >= 0.6 is 23.4 Å². The number of hydrogen-bond donors (Lipinski definition) is 1. The molecule has 162 valence electrons. The molecule has 1 N–H and O–H groups in total. The summed E-state index contributed by atoms with van der Waals surface area (Å²) in [5.41, 5.74) is 2.05. The lowest BCUT2D eigenvalue weighted by atomic mass is 10.1. The van der Waals surface area contributed by atoms with Gasteiger partial charge in [-0.05, 0) is 49.6 Å². The average Bonchev–Trinajstić information content (AvgIpc) is 3.44. The summed E-state index contributed by atoms with van der Waals surface area (Å²) in [5.74, 6) is 0.777. The van der Waals surface area contributed by atoms with E-state index in [0.29, 0.717) is 23.1 Å². The molecule has 31 heavy (non-hydrogen) atoms. The average molecular weight is 457 g/mol. The molecule has 1 saturated heterocycles. The summed E-state index contributed by atoms with van der Waals surface area (Å²) < 4.78 is 7.59. The van der Waals surface area contributed by atoms with Gasteiger partial charge in [0.1, 0.15) is 5.82 Å². The van der Waals surface area contributed by atoms with Crippen molar-refractivity contribution in [3.05, 3.63) is 71.0 Å². The maximum absolute atomic E-state index is 12.6. The Balaban J connectivity index is 1.53. The predicted molar refractivity (Wildman–Crippen MR) is 123 cm³/mol. The number of nitrogens with zero attached hydrogens (tertiary/aromatic N) is 3. The molecule has 0 radical (unpaired) electrons. The van der Waals surface area contributed by atoms with E-state index in [1.54, 1.807) is 0 Å². The summed E-state index contributed by atoms with van der Waals surface area (Å²) in [4.78, 5) is 12.6. The molecule has 0 unspecified atom stereocenters. The molecular formula is C23H25ClN4O2S. The van der Waals surface area contributed by atoms with Crippen molar-refractivity contribution in [2.24, 2.45) is 0 Å². The number of amides is 1. The zero-order chi connectivity index (χ0) is 21.6. The van der Waals surface area contributed by atoms with E-state index in [4.69, 9.17) is 16.3 Å². The molecule has 4 rings (SSSR count). The molecule has 1 aliphatic rings. The molecule has 1 fully saturated rings. The van der Waals surface area contributed by atoms with Crippen molar-refractivity contribution in [2.75, 3.05) is 13.2 Å². The molecule has 6 nitrogen and oxygen atoms in total. The van der Waals surface area contributed by atoms with Gasteiger partial charge in [-0.3, -0.25) is 9.36 Å². The van der Waals surface area contributed by atoms with Crippen LogP contribution in [0.25, 0.3) is 5.69 Å². The molecule has 1 aromatic heterocycles. The molecule has 0 saturated carbocycles. The van der Waals surface area contributed by atoms with Gasteiger partial charge in [0.25, 0.3) is 0 Å². The molecule has 0 aliphatic carbocycles. The first-order chi connectivity index (χ1) is 15.1. The van der Waals surface area contributed by atoms with Crippen LogP contribution in [-0.2, 0) is 16.0 Å². The maximum Gasteiger partial charge on any atom is 0.233 e. The second-order valence-corrected chi connectivity index (χ2v) is 9.26. The zero-order valence-electron chi connectivity index (χ0n) is 17.3. The summed E-state index contributed by atoms with van der Waals surface area (Å²) in [6.45, 7) is 3.21. The van der Waals surface area contributed by atoms with Crippen LogP contribution in [0.2, 0.25) is 5.02 Å². The van der Waals surface area contributed by atoms with E-state index in [1.165, 1.54) is 11.8 Å². The van der Waals surface area contributed by atoms with Crippen LogP contribution in [0, 0.1) is 0 Å². The third-order valence-corrected chi connectivity index (χ3v) is 6.46. The van der Waals surface area contributed by atoms with E-state index in [1.807, 2.05) is 54.0 Å². The fraction of sp³-hybridized carbons (Fsp3) is 0.348. The summed E-state index contributed by atoms with van der Waals surface area (Å²) in [7, 11) is 0. The lowest BCUT2D eigenvalue weighted by molar-refractivity contribution is -0.120. The van der Waals surface area contributed by atoms with Crippen LogP contribution in [0.15, 0.2) is 59.8 Å². The summed E-state index contributed by atoms with van der Waals surface area (Å²) in [6, 6.07) is 17.7. The highest BCUT2D eigenvalue weighted by atomic mass is 35.5. The SMILES string of the molecule is C[C@H](Sc1nnc(Cc2ccccc2)n1-c1ccc(Cl)cc1)C(=O)NC[C@@H]1CCCO1. The Hall–Kier alpha value is -2.35. The molecule has 2 aromatic carbocycles. The van der Waals surface area contributed by atoms with Crippen molar-refractivity contribution >= 4 is 29.3 Å². The third kappa shape index (κ3) is 5.67. The van der Waals surface area contributed by atoms with E-state index in [9.17, 15) is 4.79 Å². The number of rotatable bonds is 8. The van der Waals surface area contributed by atoms with Crippen LogP contribution < -0.4 is 5.32 Å². The fourth-order valence-electron chi connectivity index (χ4n) is 3.49. The number of carbonyl (C=O) groups is 1. The van der Waals surface area contributed by atoms with Crippen molar-refractivity contribution in [1.82, 2.24) is 20.1 Å². The number of nitrogens with one attached hydrogen (secondary N) is 1. The van der Waals surface area contributed by atoms with E-state index in [2.05, 4.69) is 27.6 Å². The Labute approximate surface area is 191 Å². The molecule has 0 bridgehead atoms. The molecule has 1 aliphatic heterocycles. The van der Waals surface area contributed by atoms with Gasteiger partial charge in [0.15, 0.2) is 5.16 Å². The number of hydrogen-bond acceptors (Lipinski definition) is 5. The highest BCUT2D eigenvalue weighted by Gasteiger charge is 2.23. The Kier molecular flexibility index (Phi) is 7.27. The summed E-state index contributed by atoms with van der Waals surface area (Å²) >= 11 is 7.48. The first-order valence-electron chi connectivity index (χ1n) is 10.4. The molecule has 3 aromatic rings. The first-order valence-corrected chi connectivity index (χ1v) is 11.7. The van der Waals surface area contributed by atoms with Gasteiger partial charge in [0.05, 0.1) is 11.4 Å². The molecular weight excluding hydrogens is 432 g/mol. The highest BCUT2D eigenvalue weighted by Crippen LogP contribution is 2.27. The first kappa shape index (κ1) is 21.9. The Morgan fingerprint density at radius 1 is 1.23 bits per heavy atom. The molecule has 8 heteroatoms. The van der Waals surface area contributed by atoms with Gasteiger partial charge in [-0.15, -0.1) is 10.2 Å². The molecule has 2 atom stereocenters. The van der Waals surface area contributed by atoms with Crippen LogP contribution in [-0.4, -0.2) is 45.2 Å². The summed E-state index contributed by atoms with van der Waals surface area (Å²) in [5, 5.41) is 12.9. The van der Waals surface area contributed by atoms with E-state index in [-0.39, 0.29) is 17.3 Å². The molecule has 0 spiro atoms. The van der Waals surface area contributed by atoms with Crippen LogP contribution in [0.5, 0.6) is 0 Å². The van der Waals surface area contributed by atoms with Gasteiger partial charge >= 0.3 is 0 Å². The van der Waals surface area contributed by atoms with Gasteiger partial charge in [-0.2, -0.15) is 0 Å². The minimum absolute atomic E-state index is 0.0317. The quantitative estimate of drug-likeness (QED) is 0.512. The van der Waals surface area contributed by atoms with Gasteiger partial charge in [0, 0.05) is 30.3 Å². The fourth-order valence-corrected chi connectivity index (χ4v) is 4.53. The van der Waals surface area contributed by atoms with Crippen molar-refractivity contribution in [3.63, 3.8) is 0 Å². The third-order valence-electron chi connectivity index (χ3n) is 5.17. The Morgan fingerprint density at radius 3 is 2.71 bits per heavy atom. The Morgan fingerprint density at radius 2 is 2.00 bits per heavy atom. The largest absolute Gasteiger partial charge is 0.376 e. The lowest BCUT2D eigenvalue weighted by Gasteiger charge is -2.15. The topological polar surface area (TPSA) is 69.0 Å². The van der Waals surface area contributed by atoms with Gasteiger partial charge in [-0.1, -0.05) is 53.7 Å². The number of aromatic nitrogens is 3. The summed E-state index contributed by atoms with van der Waals surface area (Å²) in [6.07, 6.45) is 2.81. The second kappa shape index (κ2) is 10.3. The second-order valence-electron chi connectivity index (χ2n) is 7.51.